The zero-order chi connectivity index (χ0) is 19.7. The first-order valence-electron chi connectivity index (χ1n) is 9.56. The summed E-state index contributed by atoms with van der Waals surface area (Å²) < 4.78 is 1.87. The molecule has 0 bridgehead atoms. The van der Waals surface area contributed by atoms with E-state index in [-0.39, 0.29) is 23.9 Å². The number of hydrogen-bond acceptors (Lipinski definition) is 3. The van der Waals surface area contributed by atoms with Crippen LogP contribution in [0.3, 0.4) is 0 Å². The summed E-state index contributed by atoms with van der Waals surface area (Å²) in [5.74, 6) is 0.933. The third-order valence-corrected chi connectivity index (χ3v) is 5.37. The largest absolute Gasteiger partial charge is 0.274 e. The Morgan fingerprint density at radius 1 is 1.07 bits per heavy atom. The number of aromatic nitrogens is 3. The van der Waals surface area contributed by atoms with E-state index in [0.717, 1.165) is 17.5 Å². The highest BCUT2D eigenvalue weighted by Gasteiger charge is 2.39. The number of rotatable bonds is 4. The molecule has 1 aliphatic rings. The number of halogens is 1. The van der Waals surface area contributed by atoms with Gasteiger partial charge in [-0.05, 0) is 35.6 Å². The summed E-state index contributed by atoms with van der Waals surface area (Å²) in [7, 11) is 0. The standard InChI is InChI=1S/C22H23ClN4O/c1-15(2)12-21(28)26-19(17-8-10-18(23)11-9-17)13-20(16-6-4-3-5-7-16)27-22(26)24-14-25-27/h3-11,14-15,19-20H,12-13H2,1-2H3/t19-,20-/m0/s1. The number of nitrogens with zero attached hydrogens (tertiary/aromatic N) is 4. The van der Waals surface area contributed by atoms with Gasteiger partial charge >= 0.3 is 0 Å². The Hall–Kier alpha value is -2.66. The van der Waals surface area contributed by atoms with Crippen LogP contribution < -0.4 is 4.90 Å². The number of carbonyl (C=O) groups is 1. The van der Waals surface area contributed by atoms with E-state index in [1.54, 1.807) is 0 Å². The molecule has 6 heteroatoms. The van der Waals surface area contributed by atoms with Gasteiger partial charge in [0, 0.05) is 11.4 Å². The van der Waals surface area contributed by atoms with Gasteiger partial charge in [0.2, 0.25) is 11.9 Å². The van der Waals surface area contributed by atoms with Crippen molar-refractivity contribution in [3.63, 3.8) is 0 Å². The molecule has 0 saturated heterocycles. The van der Waals surface area contributed by atoms with Crippen molar-refractivity contribution in [3.05, 3.63) is 77.1 Å². The summed E-state index contributed by atoms with van der Waals surface area (Å²) in [6.07, 6.45) is 2.73. The van der Waals surface area contributed by atoms with Crippen LogP contribution in [0.4, 0.5) is 5.95 Å². The molecule has 144 valence electrons. The third-order valence-electron chi connectivity index (χ3n) is 5.11. The van der Waals surface area contributed by atoms with E-state index >= 15 is 0 Å². The van der Waals surface area contributed by atoms with E-state index in [1.807, 2.05) is 52.0 Å². The molecule has 3 aromatic rings. The highest BCUT2D eigenvalue weighted by molar-refractivity contribution is 6.30. The van der Waals surface area contributed by atoms with Gasteiger partial charge in [-0.2, -0.15) is 10.1 Å². The van der Waals surface area contributed by atoms with E-state index in [4.69, 9.17) is 11.6 Å². The molecule has 1 aromatic heterocycles. The molecule has 28 heavy (non-hydrogen) atoms. The van der Waals surface area contributed by atoms with Gasteiger partial charge in [0.15, 0.2) is 0 Å². The summed E-state index contributed by atoms with van der Waals surface area (Å²) >= 11 is 6.10. The molecule has 4 rings (SSSR count). The van der Waals surface area contributed by atoms with Crippen LogP contribution in [-0.2, 0) is 4.79 Å². The van der Waals surface area contributed by atoms with E-state index in [2.05, 4.69) is 36.1 Å². The topological polar surface area (TPSA) is 51.0 Å². The van der Waals surface area contributed by atoms with Crippen molar-refractivity contribution in [1.82, 2.24) is 14.8 Å². The van der Waals surface area contributed by atoms with Crippen molar-refractivity contribution in [1.29, 1.82) is 0 Å². The Morgan fingerprint density at radius 2 is 1.75 bits per heavy atom. The van der Waals surface area contributed by atoms with E-state index in [1.165, 1.54) is 6.33 Å². The molecular formula is C22H23ClN4O. The van der Waals surface area contributed by atoms with Crippen LogP contribution in [0.15, 0.2) is 60.9 Å². The SMILES string of the molecule is CC(C)CC(=O)N1c2ncnn2[C@H](c2ccccc2)C[C@H]1c1ccc(Cl)cc1. The summed E-state index contributed by atoms with van der Waals surface area (Å²) in [4.78, 5) is 19.5. The van der Waals surface area contributed by atoms with Gasteiger partial charge in [-0.3, -0.25) is 9.69 Å². The lowest BCUT2D eigenvalue weighted by Gasteiger charge is -2.39. The molecule has 0 unspecified atom stereocenters. The molecule has 0 saturated carbocycles. The second kappa shape index (κ2) is 7.76. The minimum atomic E-state index is -0.120. The molecule has 1 aliphatic heterocycles. The van der Waals surface area contributed by atoms with Crippen LogP contribution in [-0.4, -0.2) is 20.7 Å². The van der Waals surface area contributed by atoms with Crippen LogP contribution in [0.1, 0.15) is 49.9 Å². The zero-order valence-corrected chi connectivity index (χ0v) is 16.8. The predicted molar refractivity (Wildman–Crippen MR) is 110 cm³/mol. The van der Waals surface area contributed by atoms with Gasteiger partial charge in [-0.25, -0.2) is 4.68 Å². The summed E-state index contributed by atoms with van der Waals surface area (Å²) in [5, 5.41) is 5.14. The van der Waals surface area contributed by atoms with Crippen LogP contribution in [0, 0.1) is 5.92 Å². The Kier molecular flexibility index (Phi) is 5.18. The lowest BCUT2D eigenvalue weighted by atomic mass is 9.91. The van der Waals surface area contributed by atoms with E-state index in [9.17, 15) is 4.79 Å². The molecule has 0 spiro atoms. The van der Waals surface area contributed by atoms with Gasteiger partial charge in [0.1, 0.15) is 6.33 Å². The first-order chi connectivity index (χ1) is 13.5. The van der Waals surface area contributed by atoms with Crippen molar-refractivity contribution >= 4 is 23.5 Å². The highest BCUT2D eigenvalue weighted by atomic mass is 35.5. The number of amides is 1. The maximum absolute atomic E-state index is 13.2. The van der Waals surface area contributed by atoms with Gasteiger partial charge in [0.25, 0.3) is 0 Å². The lowest BCUT2D eigenvalue weighted by molar-refractivity contribution is -0.120. The molecule has 2 atom stereocenters. The van der Waals surface area contributed by atoms with Crippen molar-refractivity contribution in [2.24, 2.45) is 5.92 Å². The van der Waals surface area contributed by atoms with Crippen molar-refractivity contribution in [3.8, 4) is 0 Å². The normalized spacial score (nSPS) is 18.9. The van der Waals surface area contributed by atoms with Crippen molar-refractivity contribution in [2.75, 3.05) is 4.90 Å². The minimum Gasteiger partial charge on any atom is -0.274 e. The third kappa shape index (κ3) is 3.54. The summed E-state index contributed by atoms with van der Waals surface area (Å²) in [5.41, 5.74) is 2.21. The fraction of sp³-hybridized carbons (Fsp3) is 0.318. The van der Waals surface area contributed by atoms with E-state index in [0.29, 0.717) is 17.4 Å². The molecule has 0 fully saturated rings. The fourth-order valence-electron chi connectivity index (χ4n) is 3.85. The number of anilines is 1. The van der Waals surface area contributed by atoms with E-state index < -0.39 is 0 Å². The molecule has 0 N–H and O–H groups in total. The van der Waals surface area contributed by atoms with Crippen molar-refractivity contribution < 1.29 is 4.79 Å². The average molecular weight is 395 g/mol. The summed E-state index contributed by atoms with van der Waals surface area (Å²) in [6, 6.07) is 17.9. The number of hydrogen-bond donors (Lipinski definition) is 0. The first kappa shape index (κ1) is 18.7. The Bertz CT molecular complexity index is 952. The molecule has 0 radical (unpaired) electrons. The maximum Gasteiger partial charge on any atom is 0.231 e. The molecular weight excluding hydrogens is 372 g/mol. The smallest absolute Gasteiger partial charge is 0.231 e. The molecule has 2 heterocycles. The molecule has 5 nitrogen and oxygen atoms in total. The number of benzene rings is 2. The lowest BCUT2D eigenvalue weighted by Crippen LogP contribution is -2.43. The quantitative estimate of drug-likeness (QED) is 0.622. The van der Waals surface area contributed by atoms with Gasteiger partial charge in [0.05, 0.1) is 12.1 Å². The van der Waals surface area contributed by atoms with Gasteiger partial charge in [-0.1, -0.05) is 67.9 Å². The van der Waals surface area contributed by atoms with Gasteiger partial charge in [-0.15, -0.1) is 0 Å². The second-order valence-electron chi connectivity index (χ2n) is 7.60. The average Bonchev–Trinajstić information content (AvgIpc) is 3.17. The maximum atomic E-state index is 13.2. The zero-order valence-electron chi connectivity index (χ0n) is 16.0. The minimum absolute atomic E-state index is 0.0162. The van der Waals surface area contributed by atoms with Crippen LogP contribution >= 0.6 is 11.6 Å². The van der Waals surface area contributed by atoms with Crippen LogP contribution in [0.2, 0.25) is 5.02 Å². The predicted octanol–water partition coefficient (Wildman–Crippen LogP) is 5.05. The highest BCUT2D eigenvalue weighted by Crippen LogP contribution is 2.42. The molecule has 2 aromatic carbocycles. The summed E-state index contributed by atoms with van der Waals surface area (Å²) in [6.45, 7) is 4.10. The first-order valence-corrected chi connectivity index (χ1v) is 9.94. The Morgan fingerprint density at radius 3 is 2.43 bits per heavy atom. The number of fused-ring (bicyclic) bond motifs is 1. The number of carbonyl (C=O) groups excluding carboxylic acids is 1. The Balaban J connectivity index is 1.81. The monoisotopic (exact) mass is 394 g/mol. The van der Waals surface area contributed by atoms with Crippen LogP contribution in [0.5, 0.6) is 0 Å². The molecule has 1 amide bonds. The Labute approximate surface area is 170 Å². The van der Waals surface area contributed by atoms with Gasteiger partial charge < -0.3 is 0 Å². The molecule has 0 aliphatic carbocycles. The fourth-order valence-corrected chi connectivity index (χ4v) is 3.97. The second-order valence-corrected chi connectivity index (χ2v) is 8.03. The van der Waals surface area contributed by atoms with Crippen molar-refractivity contribution in [2.45, 2.75) is 38.8 Å². The van der Waals surface area contributed by atoms with Crippen LogP contribution in [0.25, 0.3) is 0 Å².